The number of ether oxygens (including phenoxy) is 2. The van der Waals surface area contributed by atoms with Crippen molar-refractivity contribution in [3.8, 4) is 11.5 Å². The monoisotopic (exact) mass is 432 g/mol. The molecule has 0 aliphatic rings. The molecule has 0 bridgehead atoms. The molecule has 3 aromatic rings. The molecule has 0 aliphatic heterocycles. The Bertz CT molecular complexity index is 1000. The summed E-state index contributed by atoms with van der Waals surface area (Å²) < 4.78 is 14.1. The summed E-state index contributed by atoms with van der Waals surface area (Å²) in [6.07, 6.45) is 1.84. The molecule has 3 rings (SSSR count). The van der Waals surface area contributed by atoms with Gasteiger partial charge in [-0.25, -0.2) is 4.68 Å². The third-order valence-corrected chi connectivity index (χ3v) is 4.95. The van der Waals surface area contributed by atoms with Crippen LogP contribution in [0.4, 0.5) is 0 Å². The second kappa shape index (κ2) is 10.3. The SMILES string of the molecule is CCCc1n[nH]c(=S)n1NCc1ccc(OCc2ccccc2Cl)c(OCC)c1. The number of nitrogens with zero attached hydrogens (tertiary/aromatic N) is 2. The van der Waals surface area contributed by atoms with Crippen molar-refractivity contribution in [1.29, 1.82) is 0 Å². The van der Waals surface area contributed by atoms with Crippen molar-refractivity contribution in [2.45, 2.75) is 39.8 Å². The van der Waals surface area contributed by atoms with Crippen LogP contribution in [0.5, 0.6) is 11.5 Å². The molecule has 1 heterocycles. The Balaban J connectivity index is 1.71. The molecule has 6 nitrogen and oxygen atoms in total. The van der Waals surface area contributed by atoms with Gasteiger partial charge in [-0.15, -0.1) is 0 Å². The second-order valence-corrected chi connectivity index (χ2v) is 7.25. The Hall–Kier alpha value is -2.51. The predicted molar refractivity (Wildman–Crippen MR) is 118 cm³/mol. The molecule has 2 aromatic carbocycles. The van der Waals surface area contributed by atoms with E-state index in [1.165, 1.54) is 0 Å². The lowest BCUT2D eigenvalue weighted by Gasteiger charge is -2.15. The van der Waals surface area contributed by atoms with Crippen molar-refractivity contribution in [1.82, 2.24) is 14.9 Å². The van der Waals surface area contributed by atoms with Crippen molar-refractivity contribution in [3.05, 3.63) is 69.2 Å². The topological polar surface area (TPSA) is 64.1 Å². The molecule has 0 spiro atoms. The van der Waals surface area contributed by atoms with Gasteiger partial charge in [0.25, 0.3) is 0 Å². The lowest BCUT2D eigenvalue weighted by Crippen LogP contribution is -2.17. The minimum Gasteiger partial charge on any atom is -0.490 e. The van der Waals surface area contributed by atoms with Crippen molar-refractivity contribution in [2.75, 3.05) is 12.0 Å². The number of aryl methyl sites for hydroxylation is 1. The van der Waals surface area contributed by atoms with Gasteiger partial charge in [0, 0.05) is 17.0 Å². The van der Waals surface area contributed by atoms with Gasteiger partial charge in [-0.2, -0.15) is 5.10 Å². The summed E-state index contributed by atoms with van der Waals surface area (Å²) in [5.41, 5.74) is 5.30. The van der Waals surface area contributed by atoms with Crippen LogP contribution in [-0.2, 0) is 19.6 Å². The number of aromatic amines is 1. The fourth-order valence-corrected chi connectivity index (χ4v) is 3.28. The highest BCUT2D eigenvalue weighted by Gasteiger charge is 2.10. The highest BCUT2D eigenvalue weighted by molar-refractivity contribution is 7.71. The van der Waals surface area contributed by atoms with E-state index in [0.29, 0.717) is 41.1 Å². The van der Waals surface area contributed by atoms with Crippen LogP contribution in [0, 0.1) is 4.77 Å². The fourth-order valence-electron chi connectivity index (χ4n) is 2.88. The van der Waals surface area contributed by atoms with E-state index in [1.807, 2.05) is 54.1 Å². The third-order valence-electron chi connectivity index (χ3n) is 4.31. The van der Waals surface area contributed by atoms with Crippen LogP contribution in [0.15, 0.2) is 42.5 Å². The fraction of sp³-hybridized carbons (Fsp3) is 0.333. The molecule has 2 N–H and O–H groups in total. The van der Waals surface area contributed by atoms with Crippen molar-refractivity contribution < 1.29 is 9.47 Å². The summed E-state index contributed by atoms with van der Waals surface area (Å²) in [6.45, 7) is 5.56. The van der Waals surface area contributed by atoms with Crippen LogP contribution in [0.25, 0.3) is 0 Å². The van der Waals surface area contributed by atoms with Crippen LogP contribution in [0.3, 0.4) is 0 Å². The predicted octanol–water partition coefficient (Wildman–Crippen LogP) is 5.27. The summed E-state index contributed by atoms with van der Waals surface area (Å²) in [5, 5.41) is 7.79. The number of aromatic nitrogens is 3. The van der Waals surface area contributed by atoms with Crippen LogP contribution in [0.1, 0.15) is 37.2 Å². The van der Waals surface area contributed by atoms with Crippen molar-refractivity contribution in [2.24, 2.45) is 0 Å². The number of benzene rings is 2. The van der Waals surface area contributed by atoms with Crippen LogP contribution >= 0.6 is 23.8 Å². The average Bonchev–Trinajstić information content (AvgIpc) is 3.07. The van der Waals surface area contributed by atoms with Gasteiger partial charge in [0.2, 0.25) is 4.77 Å². The number of halogens is 1. The Labute approximate surface area is 180 Å². The van der Waals surface area contributed by atoms with Crippen LogP contribution < -0.4 is 14.9 Å². The first-order chi connectivity index (χ1) is 14.1. The van der Waals surface area contributed by atoms with Crippen molar-refractivity contribution in [3.63, 3.8) is 0 Å². The first-order valence-electron chi connectivity index (χ1n) is 9.64. The van der Waals surface area contributed by atoms with E-state index in [1.54, 1.807) is 0 Å². The summed E-state index contributed by atoms with van der Waals surface area (Å²) in [5.74, 6) is 2.27. The van der Waals surface area contributed by atoms with Gasteiger partial charge >= 0.3 is 0 Å². The number of hydrogen-bond donors (Lipinski definition) is 2. The lowest BCUT2D eigenvalue weighted by atomic mass is 10.2. The summed E-state index contributed by atoms with van der Waals surface area (Å²) in [6, 6.07) is 13.5. The maximum Gasteiger partial charge on any atom is 0.214 e. The highest BCUT2D eigenvalue weighted by Crippen LogP contribution is 2.30. The number of rotatable bonds is 10. The zero-order chi connectivity index (χ0) is 20.6. The first kappa shape index (κ1) is 21.2. The Morgan fingerprint density at radius 1 is 1.14 bits per heavy atom. The highest BCUT2D eigenvalue weighted by atomic mass is 35.5. The van der Waals surface area contributed by atoms with Gasteiger partial charge in [0.15, 0.2) is 17.3 Å². The minimum absolute atomic E-state index is 0.377. The molecule has 0 fully saturated rings. The van der Waals surface area contributed by atoms with E-state index in [-0.39, 0.29) is 0 Å². The molecule has 0 atom stereocenters. The Kier molecular flexibility index (Phi) is 7.55. The van der Waals surface area contributed by atoms with E-state index >= 15 is 0 Å². The molecule has 0 unspecified atom stereocenters. The third kappa shape index (κ3) is 5.52. The standard InChI is InChI=1S/C21H25ClN4O2S/c1-3-7-20-24-25-21(29)26(20)23-13-15-10-11-18(19(12-15)27-4-2)28-14-16-8-5-6-9-17(16)22/h5-6,8-12,23H,3-4,7,13-14H2,1-2H3,(H,25,29). The molecule has 154 valence electrons. The van der Waals surface area contributed by atoms with E-state index in [2.05, 4.69) is 22.5 Å². The van der Waals surface area contributed by atoms with E-state index < -0.39 is 0 Å². The molecular formula is C21H25ClN4O2S. The summed E-state index contributed by atoms with van der Waals surface area (Å²) in [4.78, 5) is 0. The molecule has 0 aliphatic carbocycles. The molecular weight excluding hydrogens is 408 g/mol. The maximum absolute atomic E-state index is 6.22. The second-order valence-electron chi connectivity index (χ2n) is 6.46. The van der Waals surface area contributed by atoms with Gasteiger partial charge in [-0.05, 0) is 49.3 Å². The Morgan fingerprint density at radius 2 is 1.97 bits per heavy atom. The first-order valence-corrected chi connectivity index (χ1v) is 10.4. The molecule has 0 saturated carbocycles. The summed E-state index contributed by atoms with van der Waals surface area (Å²) >= 11 is 11.5. The number of nitrogens with one attached hydrogen (secondary N) is 2. The molecule has 1 aromatic heterocycles. The molecule has 0 saturated heterocycles. The molecule has 29 heavy (non-hydrogen) atoms. The molecule has 0 radical (unpaired) electrons. The van der Waals surface area contributed by atoms with Gasteiger partial charge in [0.1, 0.15) is 6.61 Å². The van der Waals surface area contributed by atoms with E-state index in [9.17, 15) is 0 Å². The zero-order valence-electron chi connectivity index (χ0n) is 16.6. The van der Waals surface area contributed by atoms with Gasteiger partial charge in [0.05, 0.1) is 13.2 Å². The number of H-pyrrole nitrogens is 1. The lowest BCUT2D eigenvalue weighted by molar-refractivity contribution is 0.269. The average molecular weight is 433 g/mol. The van der Waals surface area contributed by atoms with Crippen LogP contribution in [-0.4, -0.2) is 21.5 Å². The van der Waals surface area contributed by atoms with Gasteiger partial charge in [-0.3, -0.25) is 5.10 Å². The number of hydrogen-bond acceptors (Lipinski definition) is 5. The van der Waals surface area contributed by atoms with Crippen LogP contribution in [0.2, 0.25) is 5.02 Å². The van der Waals surface area contributed by atoms with E-state index in [4.69, 9.17) is 33.3 Å². The minimum atomic E-state index is 0.377. The largest absolute Gasteiger partial charge is 0.490 e. The summed E-state index contributed by atoms with van der Waals surface area (Å²) in [7, 11) is 0. The van der Waals surface area contributed by atoms with E-state index in [0.717, 1.165) is 29.8 Å². The van der Waals surface area contributed by atoms with Gasteiger partial charge in [-0.1, -0.05) is 42.8 Å². The molecule has 8 heteroatoms. The normalized spacial score (nSPS) is 10.7. The zero-order valence-corrected chi connectivity index (χ0v) is 18.1. The van der Waals surface area contributed by atoms with Crippen molar-refractivity contribution >= 4 is 23.8 Å². The Morgan fingerprint density at radius 3 is 2.72 bits per heavy atom. The maximum atomic E-state index is 6.22. The molecule has 0 amide bonds. The quantitative estimate of drug-likeness (QED) is 0.427. The van der Waals surface area contributed by atoms with Gasteiger partial charge < -0.3 is 14.9 Å². The smallest absolute Gasteiger partial charge is 0.214 e.